The minimum atomic E-state index is 0.265. The average molecular weight is 264 g/mol. The molecule has 0 amide bonds. The first-order valence-electron chi connectivity index (χ1n) is 7.40. The summed E-state index contributed by atoms with van der Waals surface area (Å²) in [5, 5.41) is 3.19. The Bertz CT molecular complexity index is 382. The lowest BCUT2D eigenvalue weighted by Crippen LogP contribution is -2.09. The molecule has 0 fully saturated rings. The van der Waals surface area contributed by atoms with E-state index in [0.29, 0.717) is 0 Å². The van der Waals surface area contributed by atoms with Crippen molar-refractivity contribution in [1.82, 2.24) is 10.3 Å². The van der Waals surface area contributed by atoms with Gasteiger partial charge >= 0.3 is 0 Å². The third-order valence-corrected chi connectivity index (χ3v) is 3.45. The van der Waals surface area contributed by atoms with Gasteiger partial charge in [-0.1, -0.05) is 19.9 Å². The first-order chi connectivity index (χ1) is 9.35. The Morgan fingerprint density at radius 2 is 2.21 bits per heavy atom. The van der Waals surface area contributed by atoms with Crippen LogP contribution >= 0.6 is 0 Å². The number of H-pyrrole nitrogens is 1. The van der Waals surface area contributed by atoms with Crippen molar-refractivity contribution in [2.24, 2.45) is 0 Å². The van der Waals surface area contributed by atoms with Crippen LogP contribution in [0.3, 0.4) is 0 Å². The molecule has 1 aromatic rings. The third-order valence-electron chi connectivity index (χ3n) is 3.45. The summed E-state index contributed by atoms with van der Waals surface area (Å²) in [4.78, 5) is 3.38. The van der Waals surface area contributed by atoms with Gasteiger partial charge in [0.1, 0.15) is 0 Å². The molecule has 2 N–H and O–H groups in total. The lowest BCUT2D eigenvalue weighted by molar-refractivity contribution is 0.135. The van der Waals surface area contributed by atoms with Gasteiger partial charge in [0.15, 0.2) is 0 Å². The summed E-state index contributed by atoms with van der Waals surface area (Å²) in [6.07, 6.45) is 11.3. The smallest absolute Gasteiger partial charge is 0.0759 e. The lowest BCUT2D eigenvalue weighted by atomic mass is 10.0. The van der Waals surface area contributed by atoms with E-state index < -0.39 is 0 Å². The Morgan fingerprint density at radius 1 is 1.42 bits per heavy atom. The summed E-state index contributed by atoms with van der Waals surface area (Å²) in [5.74, 6) is 0. The van der Waals surface area contributed by atoms with Crippen molar-refractivity contribution < 1.29 is 4.74 Å². The van der Waals surface area contributed by atoms with Crippen LogP contribution in [0.15, 0.2) is 12.3 Å². The highest BCUT2D eigenvalue weighted by atomic mass is 16.5. The summed E-state index contributed by atoms with van der Waals surface area (Å²) in [6.45, 7) is 5.08. The van der Waals surface area contributed by atoms with Gasteiger partial charge in [0, 0.05) is 19.0 Å². The maximum absolute atomic E-state index is 5.40. The standard InChI is InChI=1S/C14H22N2O.C2H6/c1-15-9-3-4-11-10-16-14-8-6-12(17-2)5-7-13(11)14;1-2/h6,8,10,12,15-16H,3-5,7,9H2,1-2H3;1-2H3. The van der Waals surface area contributed by atoms with Gasteiger partial charge in [0.25, 0.3) is 0 Å². The van der Waals surface area contributed by atoms with Crippen LogP contribution in [0.4, 0.5) is 0 Å². The Hall–Kier alpha value is -1.06. The van der Waals surface area contributed by atoms with Crippen molar-refractivity contribution in [2.45, 2.75) is 45.6 Å². The number of rotatable bonds is 5. The second kappa shape index (κ2) is 8.94. The van der Waals surface area contributed by atoms with Crippen LogP contribution in [-0.2, 0) is 17.6 Å². The highest BCUT2D eigenvalue weighted by molar-refractivity contribution is 5.54. The first kappa shape index (κ1) is 16.0. The number of hydrogen-bond donors (Lipinski definition) is 2. The van der Waals surface area contributed by atoms with Gasteiger partial charge in [-0.25, -0.2) is 0 Å². The van der Waals surface area contributed by atoms with E-state index in [-0.39, 0.29) is 6.10 Å². The maximum Gasteiger partial charge on any atom is 0.0759 e. The van der Waals surface area contributed by atoms with Gasteiger partial charge in [-0.2, -0.15) is 0 Å². The molecule has 1 unspecified atom stereocenters. The van der Waals surface area contributed by atoms with Crippen molar-refractivity contribution in [3.8, 4) is 0 Å². The molecule has 108 valence electrons. The summed E-state index contributed by atoms with van der Waals surface area (Å²) in [6, 6.07) is 0. The van der Waals surface area contributed by atoms with Crippen LogP contribution in [0.2, 0.25) is 0 Å². The first-order valence-corrected chi connectivity index (χ1v) is 7.40. The minimum Gasteiger partial charge on any atom is -0.377 e. The topological polar surface area (TPSA) is 37.0 Å². The van der Waals surface area contributed by atoms with Gasteiger partial charge in [0.05, 0.1) is 6.10 Å². The lowest BCUT2D eigenvalue weighted by Gasteiger charge is -2.08. The second-order valence-electron chi connectivity index (χ2n) is 4.59. The van der Waals surface area contributed by atoms with E-state index in [2.05, 4.69) is 28.6 Å². The summed E-state index contributed by atoms with van der Waals surface area (Å²) in [5.41, 5.74) is 4.22. The predicted molar refractivity (Wildman–Crippen MR) is 82.5 cm³/mol. The molecule has 0 radical (unpaired) electrons. The molecule has 3 nitrogen and oxygen atoms in total. The van der Waals surface area contributed by atoms with E-state index in [0.717, 1.165) is 25.8 Å². The molecule has 1 aromatic heterocycles. The molecule has 0 saturated heterocycles. The molecule has 0 saturated carbocycles. The van der Waals surface area contributed by atoms with E-state index in [9.17, 15) is 0 Å². The summed E-state index contributed by atoms with van der Waals surface area (Å²) < 4.78 is 5.40. The SMILES string of the molecule is CC.CNCCCc1c[nH]c2c1CCC(OC)C=C2. The zero-order chi connectivity index (χ0) is 14.1. The molecular weight excluding hydrogens is 236 g/mol. The number of aryl methyl sites for hydroxylation is 1. The van der Waals surface area contributed by atoms with Crippen molar-refractivity contribution >= 4 is 6.08 Å². The molecule has 2 rings (SSSR count). The largest absolute Gasteiger partial charge is 0.377 e. The van der Waals surface area contributed by atoms with E-state index in [1.54, 1.807) is 7.11 Å². The zero-order valence-corrected chi connectivity index (χ0v) is 12.8. The fourth-order valence-corrected chi connectivity index (χ4v) is 2.42. The molecule has 0 aliphatic heterocycles. The number of fused-ring (bicyclic) bond motifs is 1. The Labute approximate surface area is 117 Å². The van der Waals surface area contributed by atoms with Gasteiger partial charge < -0.3 is 15.0 Å². The van der Waals surface area contributed by atoms with Crippen molar-refractivity contribution in [2.75, 3.05) is 20.7 Å². The Balaban J connectivity index is 0.000000861. The highest BCUT2D eigenvalue weighted by Gasteiger charge is 2.15. The molecule has 19 heavy (non-hydrogen) atoms. The average Bonchev–Trinajstić information content (AvgIpc) is 2.72. The van der Waals surface area contributed by atoms with Crippen LogP contribution in [0.5, 0.6) is 0 Å². The fourth-order valence-electron chi connectivity index (χ4n) is 2.42. The van der Waals surface area contributed by atoms with E-state index in [1.165, 1.54) is 23.2 Å². The number of methoxy groups -OCH3 is 1. The molecule has 1 heterocycles. The zero-order valence-electron chi connectivity index (χ0n) is 12.8. The van der Waals surface area contributed by atoms with Crippen molar-refractivity contribution in [1.29, 1.82) is 0 Å². The number of hydrogen-bond acceptors (Lipinski definition) is 2. The van der Waals surface area contributed by atoms with Gasteiger partial charge in [-0.05, 0) is 56.5 Å². The van der Waals surface area contributed by atoms with Crippen LogP contribution < -0.4 is 5.32 Å². The quantitative estimate of drug-likeness (QED) is 0.802. The monoisotopic (exact) mass is 264 g/mol. The maximum atomic E-state index is 5.40. The van der Waals surface area contributed by atoms with Gasteiger partial charge in [-0.3, -0.25) is 0 Å². The fraction of sp³-hybridized carbons (Fsp3) is 0.625. The number of ether oxygens (including phenoxy) is 1. The summed E-state index contributed by atoms with van der Waals surface area (Å²) >= 11 is 0. The van der Waals surface area contributed by atoms with E-state index in [4.69, 9.17) is 4.74 Å². The molecular formula is C16H28N2O. The van der Waals surface area contributed by atoms with Crippen LogP contribution in [-0.4, -0.2) is 31.8 Å². The summed E-state index contributed by atoms with van der Waals surface area (Å²) in [7, 11) is 3.78. The molecule has 0 spiro atoms. The van der Waals surface area contributed by atoms with Gasteiger partial charge in [-0.15, -0.1) is 0 Å². The van der Waals surface area contributed by atoms with E-state index >= 15 is 0 Å². The van der Waals surface area contributed by atoms with Crippen molar-refractivity contribution in [3.63, 3.8) is 0 Å². The van der Waals surface area contributed by atoms with Crippen LogP contribution in [0, 0.1) is 0 Å². The predicted octanol–water partition coefficient (Wildman–Crippen LogP) is 3.17. The van der Waals surface area contributed by atoms with E-state index in [1.807, 2.05) is 20.9 Å². The molecule has 3 heteroatoms. The highest BCUT2D eigenvalue weighted by Crippen LogP contribution is 2.23. The number of aromatic amines is 1. The van der Waals surface area contributed by atoms with Crippen molar-refractivity contribution in [3.05, 3.63) is 29.1 Å². The Kier molecular flexibility index (Phi) is 7.53. The number of nitrogens with one attached hydrogen (secondary N) is 2. The normalized spacial score (nSPS) is 17.4. The second-order valence-corrected chi connectivity index (χ2v) is 4.59. The van der Waals surface area contributed by atoms with Gasteiger partial charge in [0.2, 0.25) is 0 Å². The minimum absolute atomic E-state index is 0.265. The molecule has 1 aliphatic carbocycles. The number of aromatic nitrogens is 1. The van der Waals surface area contributed by atoms with Crippen LogP contribution in [0.1, 0.15) is 43.5 Å². The van der Waals surface area contributed by atoms with Crippen LogP contribution in [0.25, 0.3) is 6.08 Å². The molecule has 0 bridgehead atoms. The molecule has 0 aromatic carbocycles. The molecule has 1 atom stereocenters. The molecule has 1 aliphatic rings. The third kappa shape index (κ3) is 4.51. The Morgan fingerprint density at radius 3 is 2.89 bits per heavy atom.